The molecule has 1 aliphatic heterocycles. The molecule has 1 amide bonds. The van der Waals surface area contributed by atoms with E-state index >= 15 is 0 Å². The van der Waals surface area contributed by atoms with Crippen molar-refractivity contribution in [1.82, 2.24) is 16.3 Å². The molecule has 0 aromatic heterocycles. The SMILES string of the molecule is C/C(=N\NC(=O)C1CC(c2ccc(CC(C)C)cc2)NN1)c1ccccc1. The lowest BCUT2D eigenvalue weighted by Gasteiger charge is -2.11. The maximum Gasteiger partial charge on any atom is 0.258 e. The minimum absolute atomic E-state index is 0.119. The number of hydrogen-bond donors (Lipinski definition) is 3. The van der Waals surface area contributed by atoms with Gasteiger partial charge in [0.25, 0.3) is 5.91 Å². The summed E-state index contributed by atoms with van der Waals surface area (Å²) in [7, 11) is 0. The zero-order chi connectivity index (χ0) is 19.2. The second kappa shape index (κ2) is 8.93. The largest absolute Gasteiger partial charge is 0.271 e. The Hall–Kier alpha value is -2.50. The molecule has 1 heterocycles. The first-order chi connectivity index (χ1) is 13.0. The molecular weight excluding hydrogens is 336 g/mol. The molecule has 3 N–H and O–H groups in total. The van der Waals surface area contributed by atoms with Crippen molar-refractivity contribution in [3.8, 4) is 0 Å². The molecule has 2 aromatic rings. The van der Waals surface area contributed by atoms with Crippen molar-refractivity contribution in [1.29, 1.82) is 0 Å². The molecule has 27 heavy (non-hydrogen) atoms. The van der Waals surface area contributed by atoms with Gasteiger partial charge in [0.1, 0.15) is 6.04 Å². The van der Waals surface area contributed by atoms with Gasteiger partial charge in [0.05, 0.1) is 5.71 Å². The predicted octanol–water partition coefficient (Wildman–Crippen LogP) is 3.33. The Bertz CT molecular complexity index is 784. The topological polar surface area (TPSA) is 65.5 Å². The molecule has 2 atom stereocenters. The minimum Gasteiger partial charge on any atom is -0.271 e. The molecule has 2 unspecified atom stereocenters. The maximum absolute atomic E-state index is 12.4. The Morgan fingerprint density at radius 3 is 2.48 bits per heavy atom. The molecule has 5 nitrogen and oxygen atoms in total. The molecule has 2 aromatic carbocycles. The van der Waals surface area contributed by atoms with Gasteiger partial charge < -0.3 is 0 Å². The van der Waals surface area contributed by atoms with Crippen molar-refractivity contribution in [2.24, 2.45) is 11.0 Å². The van der Waals surface area contributed by atoms with Crippen LogP contribution in [-0.4, -0.2) is 17.7 Å². The first-order valence-corrected chi connectivity index (χ1v) is 9.52. The van der Waals surface area contributed by atoms with Gasteiger partial charge in [-0.25, -0.2) is 16.3 Å². The summed E-state index contributed by atoms with van der Waals surface area (Å²) < 4.78 is 0. The lowest BCUT2D eigenvalue weighted by atomic mass is 9.97. The molecule has 0 radical (unpaired) electrons. The van der Waals surface area contributed by atoms with Crippen molar-refractivity contribution < 1.29 is 4.79 Å². The Morgan fingerprint density at radius 1 is 1.11 bits per heavy atom. The van der Waals surface area contributed by atoms with Crippen LogP contribution < -0.4 is 16.3 Å². The number of carbonyl (C=O) groups is 1. The van der Waals surface area contributed by atoms with Gasteiger partial charge in [-0.15, -0.1) is 0 Å². The third-order valence-corrected chi connectivity index (χ3v) is 4.77. The lowest BCUT2D eigenvalue weighted by molar-refractivity contribution is -0.122. The first-order valence-electron chi connectivity index (χ1n) is 9.52. The quantitative estimate of drug-likeness (QED) is 0.544. The molecule has 0 spiro atoms. The van der Waals surface area contributed by atoms with E-state index in [9.17, 15) is 4.79 Å². The molecule has 1 aliphatic rings. The number of amides is 1. The van der Waals surface area contributed by atoms with Gasteiger partial charge in [-0.1, -0.05) is 68.4 Å². The normalized spacial score (nSPS) is 20.1. The van der Waals surface area contributed by atoms with Crippen LogP contribution >= 0.6 is 0 Å². The Balaban J connectivity index is 1.55. The molecule has 3 rings (SSSR count). The van der Waals surface area contributed by atoms with Gasteiger partial charge in [0.2, 0.25) is 0 Å². The van der Waals surface area contributed by atoms with Crippen molar-refractivity contribution in [2.45, 2.75) is 45.7 Å². The van der Waals surface area contributed by atoms with Crippen molar-refractivity contribution in [3.05, 3.63) is 71.3 Å². The number of hydrazine groups is 1. The van der Waals surface area contributed by atoms with E-state index < -0.39 is 0 Å². The third-order valence-electron chi connectivity index (χ3n) is 4.77. The average Bonchev–Trinajstić information content (AvgIpc) is 3.17. The fourth-order valence-corrected chi connectivity index (χ4v) is 3.26. The van der Waals surface area contributed by atoms with E-state index in [0.717, 1.165) is 17.7 Å². The smallest absolute Gasteiger partial charge is 0.258 e. The van der Waals surface area contributed by atoms with Crippen molar-refractivity contribution in [3.63, 3.8) is 0 Å². The molecule has 5 heteroatoms. The number of hydrogen-bond acceptors (Lipinski definition) is 4. The van der Waals surface area contributed by atoms with E-state index in [-0.39, 0.29) is 18.0 Å². The Morgan fingerprint density at radius 2 is 1.81 bits per heavy atom. The zero-order valence-corrected chi connectivity index (χ0v) is 16.2. The number of nitrogens with one attached hydrogen (secondary N) is 3. The van der Waals surface area contributed by atoms with Crippen molar-refractivity contribution in [2.75, 3.05) is 0 Å². The monoisotopic (exact) mass is 364 g/mol. The number of carbonyl (C=O) groups excluding carboxylic acids is 1. The highest BCUT2D eigenvalue weighted by atomic mass is 16.2. The lowest BCUT2D eigenvalue weighted by Crippen LogP contribution is -2.41. The fraction of sp³-hybridized carbons (Fsp3) is 0.364. The summed E-state index contributed by atoms with van der Waals surface area (Å²) in [6.45, 7) is 6.33. The van der Waals surface area contributed by atoms with E-state index in [1.807, 2.05) is 37.3 Å². The van der Waals surface area contributed by atoms with E-state index in [0.29, 0.717) is 12.3 Å². The number of rotatable bonds is 6. The van der Waals surface area contributed by atoms with Gasteiger partial charge in [-0.2, -0.15) is 5.10 Å². The highest BCUT2D eigenvalue weighted by Crippen LogP contribution is 2.23. The van der Waals surface area contributed by atoms with Gasteiger partial charge in [-0.05, 0) is 42.4 Å². The second-order valence-corrected chi connectivity index (χ2v) is 7.51. The van der Waals surface area contributed by atoms with Crippen LogP contribution in [0, 0.1) is 5.92 Å². The fourth-order valence-electron chi connectivity index (χ4n) is 3.26. The first kappa shape index (κ1) is 19.3. The third kappa shape index (κ3) is 5.25. The van der Waals surface area contributed by atoms with E-state index in [4.69, 9.17) is 0 Å². The molecular formula is C22H28N4O. The zero-order valence-electron chi connectivity index (χ0n) is 16.2. The molecule has 1 saturated heterocycles. The van der Waals surface area contributed by atoms with Gasteiger partial charge in [0.15, 0.2) is 0 Å². The maximum atomic E-state index is 12.4. The summed E-state index contributed by atoms with van der Waals surface area (Å²) in [4.78, 5) is 12.4. The van der Waals surface area contributed by atoms with Gasteiger partial charge >= 0.3 is 0 Å². The van der Waals surface area contributed by atoms with Crippen LogP contribution in [0.15, 0.2) is 59.7 Å². The van der Waals surface area contributed by atoms with Crippen LogP contribution in [-0.2, 0) is 11.2 Å². The summed E-state index contributed by atoms with van der Waals surface area (Å²) in [6.07, 6.45) is 1.77. The molecule has 0 aliphatic carbocycles. The summed E-state index contributed by atoms with van der Waals surface area (Å²) in [5, 5.41) is 4.23. The number of nitrogens with zero attached hydrogens (tertiary/aromatic N) is 1. The summed E-state index contributed by atoms with van der Waals surface area (Å²) >= 11 is 0. The highest BCUT2D eigenvalue weighted by Gasteiger charge is 2.30. The van der Waals surface area contributed by atoms with Crippen LogP contribution in [0.2, 0.25) is 0 Å². The minimum atomic E-state index is -0.308. The average molecular weight is 364 g/mol. The molecule has 0 saturated carbocycles. The van der Waals surface area contributed by atoms with Crippen LogP contribution in [0.5, 0.6) is 0 Å². The van der Waals surface area contributed by atoms with E-state index in [2.05, 4.69) is 59.5 Å². The van der Waals surface area contributed by atoms with Crippen molar-refractivity contribution >= 4 is 11.6 Å². The van der Waals surface area contributed by atoms with Gasteiger partial charge in [0, 0.05) is 6.04 Å². The van der Waals surface area contributed by atoms with E-state index in [1.54, 1.807) is 0 Å². The van der Waals surface area contributed by atoms with Crippen LogP contribution in [0.25, 0.3) is 0 Å². The molecule has 1 fully saturated rings. The predicted molar refractivity (Wildman–Crippen MR) is 109 cm³/mol. The summed E-state index contributed by atoms with van der Waals surface area (Å²) in [5.74, 6) is 0.520. The molecule has 142 valence electrons. The number of benzene rings is 2. The summed E-state index contributed by atoms with van der Waals surface area (Å²) in [5.41, 5.74) is 13.3. The Labute approximate surface area is 161 Å². The van der Waals surface area contributed by atoms with Crippen LogP contribution in [0.3, 0.4) is 0 Å². The van der Waals surface area contributed by atoms with Crippen LogP contribution in [0.4, 0.5) is 0 Å². The molecule has 0 bridgehead atoms. The van der Waals surface area contributed by atoms with Gasteiger partial charge in [-0.3, -0.25) is 4.79 Å². The summed E-state index contributed by atoms with van der Waals surface area (Å²) in [6, 6.07) is 18.3. The number of hydrazone groups is 1. The second-order valence-electron chi connectivity index (χ2n) is 7.51. The highest BCUT2D eigenvalue weighted by molar-refractivity contribution is 5.99. The Kier molecular flexibility index (Phi) is 6.37. The van der Waals surface area contributed by atoms with E-state index in [1.165, 1.54) is 11.1 Å². The van der Waals surface area contributed by atoms with Crippen LogP contribution in [0.1, 0.15) is 49.9 Å². The standard InChI is InChI=1S/C22H28N4O/c1-15(2)13-17-9-11-19(12-10-17)20-14-21(25-24-20)22(27)26-23-16(3)18-7-5-4-6-8-18/h4-12,15,20-21,24-25H,13-14H2,1-3H3,(H,26,27)/b23-16+.